The molecule has 0 aromatic carbocycles. The molecule has 0 amide bonds. The van der Waals surface area contributed by atoms with E-state index in [9.17, 15) is 18.0 Å². The third kappa shape index (κ3) is 4.78. The molecule has 0 heterocycles. The molecule has 0 spiro atoms. The summed E-state index contributed by atoms with van der Waals surface area (Å²) in [4.78, 5) is 11.5. The van der Waals surface area contributed by atoms with Gasteiger partial charge in [-0.25, -0.2) is 4.79 Å². The van der Waals surface area contributed by atoms with Crippen LogP contribution in [0.25, 0.3) is 0 Å². The summed E-state index contributed by atoms with van der Waals surface area (Å²) in [6, 6.07) is 0. The second-order valence-corrected chi connectivity index (χ2v) is 11.4. The summed E-state index contributed by atoms with van der Waals surface area (Å²) >= 11 is 0. The number of esters is 1. The van der Waals surface area contributed by atoms with Gasteiger partial charge in [-0.15, -0.1) is 0 Å². The maximum Gasteiger partial charge on any atom is 0.419 e. The minimum atomic E-state index is -5.28. The highest BCUT2D eigenvalue weighted by Crippen LogP contribution is 2.50. The Morgan fingerprint density at radius 1 is 1.12 bits per heavy atom. The molecular weight excluding hydrogens is 351 g/mol. The molecule has 140 valence electrons. The first-order chi connectivity index (χ1) is 10.8. The number of alkyl halides is 5. The van der Waals surface area contributed by atoms with E-state index < -0.39 is 38.1 Å². The van der Waals surface area contributed by atoms with Crippen LogP contribution < -0.4 is 0 Å². The van der Waals surface area contributed by atoms with Crippen LogP contribution in [0.4, 0.5) is 22.0 Å². The predicted molar refractivity (Wildman–Crippen MR) is 81.3 cm³/mol. The van der Waals surface area contributed by atoms with Crippen molar-refractivity contribution < 1.29 is 35.9 Å². The van der Waals surface area contributed by atoms with Gasteiger partial charge in [-0.05, 0) is 45.3 Å². The number of carbonyl (C=O) groups is 1. The lowest BCUT2D eigenvalue weighted by Crippen LogP contribution is -2.64. The first-order valence-electron chi connectivity index (χ1n) is 7.73. The largest absolute Gasteiger partial charge is 0.449 e. The summed E-state index contributed by atoms with van der Waals surface area (Å²) in [5.74, 6) is -5.56. The maximum atomic E-state index is 15.0. The molecular formula is C15H23F5O3Si. The van der Waals surface area contributed by atoms with Crippen molar-refractivity contribution in [3.05, 3.63) is 12.7 Å². The van der Waals surface area contributed by atoms with Crippen LogP contribution in [0, 0.1) is 0 Å². The van der Waals surface area contributed by atoms with Crippen LogP contribution >= 0.6 is 0 Å². The van der Waals surface area contributed by atoms with E-state index in [1.165, 1.54) is 19.6 Å². The van der Waals surface area contributed by atoms with Gasteiger partial charge in [0.25, 0.3) is 0 Å². The Labute approximate surface area is 139 Å². The van der Waals surface area contributed by atoms with Gasteiger partial charge in [0, 0.05) is 6.08 Å². The predicted octanol–water partition coefficient (Wildman–Crippen LogP) is 4.84. The zero-order chi connectivity index (χ0) is 18.8. The topological polar surface area (TPSA) is 35.5 Å². The average molecular weight is 374 g/mol. The number of rotatable bonds is 6. The van der Waals surface area contributed by atoms with Crippen LogP contribution in [0.3, 0.4) is 0 Å². The highest BCUT2D eigenvalue weighted by molar-refractivity contribution is 6.69. The van der Waals surface area contributed by atoms with Gasteiger partial charge in [-0.1, -0.05) is 13.0 Å². The van der Waals surface area contributed by atoms with Gasteiger partial charge in [0.15, 0.2) is 13.9 Å². The molecule has 1 aliphatic rings. The minimum absolute atomic E-state index is 0.248. The standard InChI is InChI=1S/C15H23F5O3Si/c1-5-11(21)22-13(9-7-6-8-10-13)14(16,17)12(15(18,19)20)23-24(2,3)4/h5,12H,1,6-10H2,2-4H3. The van der Waals surface area contributed by atoms with E-state index in [2.05, 4.69) is 6.58 Å². The van der Waals surface area contributed by atoms with Gasteiger partial charge >= 0.3 is 18.1 Å². The normalized spacial score (nSPS) is 20.3. The van der Waals surface area contributed by atoms with E-state index >= 15 is 8.78 Å². The van der Waals surface area contributed by atoms with Crippen LogP contribution in [0.5, 0.6) is 0 Å². The van der Waals surface area contributed by atoms with Gasteiger partial charge in [0.2, 0.25) is 6.10 Å². The Balaban J connectivity index is 3.33. The highest BCUT2D eigenvalue weighted by atomic mass is 28.4. The van der Waals surface area contributed by atoms with Crippen molar-refractivity contribution in [2.45, 2.75) is 75.5 Å². The molecule has 0 bridgehead atoms. The Hall–Kier alpha value is -0.963. The lowest BCUT2D eigenvalue weighted by molar-refractivity contribution is -0.314. The van der Waals surface area contributed by atoms with E-state index in [0.717, 1.165) is 0 Å². The highest BCUT2D eigenvalue weighted by Gasteiger charge is 2.69. The molecule has 1 fully saturated rings. The summed E-state index contributed by atoms with van der Waals surface area (Å²) in [7, 11) is -2.95. The van der Waals surface area contributed by atoms with Crippen molar-refractivity contribution in [1.29, 1.82) is 0 Å². The summed E-state index contributed by atoms with van der Waals surface area (Å²) in [5, 5.41) is 0. The van der Waals surface area contributed by atoms with Crippen molar-refractivity contribution in [3.63, 3.8) is 0 Å². The van der Waals surface area contributed by atoms with Crippen LogP contribution in [0.2, 0.25) is 19.6 Å². The summed E-state index contributed by atoms with van der Waals surface area (Å²) in [6.45, 7) is 7.31. The summed E-state index contributed by atoms with van der Waals surface area (Å²) in [5.41, 5.74) is -2.53. The lowest BCUT2D eigenvalue weighted by atomic mass is 9.77. The zero-order valence-electron chi connectivity index (χ0n) is 14.0. The molecule has 3 nitrogen and oxygen atoms in total. The molecule has 24 heavy (non-hydrogen) atoms. The Bertz CT molecular complexity index is 465. The van der Waals surface area contributed by atoms with E-state index in [4.69, 9.17) is 9.16 Å². The fourth-order valence-corrected chi connectivity index (χ4v) is 3.79. The molecule has 0 aliphatic heterocycles. The van der Waals surface area contributed by atoms with Gasteiger partial charge in [0.05, 0.1) is 0 Å². The van der Waals surface area contributed by atoms with Crippen molar-refractivity contribution >= 4 is 14.3 Å². The fourth-order valence-electron chi connectivity index (χ4n) is 2.80. The number of ether oxygens (including phenoxy) is 1. The van der Waals surface area contributed by atoms with Crippen LogP contribution in [-0.4, -0.2) is 38.1 Å². The van der Waals surface area contributed by atoms with Gasteiger partial charge < -0.3 is 9.16 Å². The first-order valence-corrected chi connectivity index (χ1v) is 11.1. The number of carbonyl (C=O) groups excluding carboxylic acids is 1. The number of hydrogen-bond donors (Lipinski definition) is 0. The molecule has 9 heteroatoms. The fraction of sp³-hybridized carbons (Fsp3) is 0.800. The van der Waals surface area contributed by atoms with Crippen molar-refractivity contribution in [1.82, 2.24) is 0 Å². The first kappa shape index (κ1) is 21.1. The third-order valence-electron chi connectivity index (χ3n) is 3.83. The smallest absolute Gasteiger partial charge is 0.419 e. The Kier molecular flexibility index (Phi) is 6.24. The van der Waals surface area contributed by atoms with Crippen molar-refractivity contribution in [2.75, 3.05) is 0 Å². The molecule has 0 aromatic rings. The van der Waals surface area contributed by atoms with Gasteiger partial charge in [0.1, 0.15) is 0 Å². The molecule has 0 N–H and O–H groups in total. The maximum absolute atomic E-state index is 15.0. The average Bonchev–Trinajstić information content (AvgIpc) is 2.43. The van der Waals surface area contributed by atoms with Gasteiger partial charge in [-0.2, -0.15) is 22.0 Å². The van der Waals surface area contributed by atoms with E-state index in [1.54, 1.807) is 0 Å². The van der Waals surface area contributed by atoms with Crippen LogP contribution in [0.1, 0.15) is 32.1 Å². The molecule has 0 saturated heterocycles. The van der Waals surface area contributed by atoms with Crippen molar-refractivity contribution in [2.24, 2.45) is 0 Å². The van der Waals surface area contributed by atoms with Crippen molar-refractivity contribution in [3.8, 4) is 0 Å². The molecule has 0 aromatic heterocycles. The number of hydrogen-bond acceptors (Lipinski definition) is 3. The van der Waals surface area contributed by atoms with E-state index in [1.807, 2.05) is 0 Å². The Morgan fingerprint density at radius 2 is 1.62 bits per heavy atom. The summed E-state index contributed by atoms with van der Waals surface area (Å²) < 4.78 is 79.7. The molecule has 0 radical (unpaired) electrons. The molecule has 1 atom stereocenters. The minimum Gasteiger partial charge on any atom is -0.449 e. The molecule has 1 rings (SSSR count). The van der Waals surface area contributed by atoms with Crippen LogP contribution in [-0.2, 0) is 14.0 Å². The SMILES string of the molecule is C=CC(=O)OC1(C(F)(F)C(O[Si](C)(C)C)C(F)(F)F)CCCCC1. The van der Waals surface area contributed by atoms with E-state index in [0.29, 0.717) is 12.5 Å². The second-order valence-electron chi connectivity index (χ2n) is 6.96. The zero-order valence-corrected chi connectivity index (χ0v) is 15.0. The molecule has 1 unspecified atom stereocenters. The molecule has 1 aliphatic carbocycles. The summed E-state index contributed by atoms with van der Waals surface area (Å²) in [6.07, 6.45) is -7.53. The molecule has 1 saturated carbocycles. The number of halogens is 5. The van der Waals surface area contributed by atoms with E-state index in [-0.39, 0.29) is 25.7 Å². The lowest BCUT2D eigenvalue weighted by Gasteiger charge is -2.46. The monoisotopic (exact) mass is 374 g/mol. The second kappa shape index (κ2) is 7.11. The van der Waals surface area contributed by atoms with Crippen LogP contribution in [0.15, 0.2) is 12.7 Å². The van der Waals surface area contributed by atoms with Gasteiger partial charge in [-0.3, -0.25) is 0 Å². The quantitative estimate of drug-likeness (QED) is 0.289. The Morgan fingerprint density at radius 3 is 2.00 bits per heavy atom. The third-order valence-corrected chi connectivity index (χ3v) is 4.77.